The van der Waals surface area contributed by atoms with Crippen LogP contribution in [0.3, 0.4) is 0 Å². The molecule has 5 nitrogen and oxygen atoms in total. The van der Waals surface area contributed by atoms with E-state index >= 15 is 0 Å². The first kappa shape index (κ1) is 13.4. The highest BCUT2D eigenvalue weighted by molar-refractivity contribution is 5.79. The number of para-hydroxylation sites is 1. The number of aliphatic carboxylic acids is 1. The Hall–Kier alpha value is -2.04. The van der Waals surface area contributed by atoms with Crippen molar-refractivity contribution >= 4 is 11.9 Å². The second-order valence-electron chi connectivity index (χ2n) is 4.92. The first-order valence-electron chi connectivity index (χ1n) is 6.35. The zero-order valence-corrected chi connectivity index (χ0v) is 10.5. The number of hydrogen-bond donors (Lipinski definition) is 3. The second kappa shape index (κ2) is 5.73. The van der Waals surface area contributed by atoms with Crippen LogP contribution < -0.4 is 5.32 Å². The van der Waals surface area contributed by atoms with Crippen LogP contribution in [0.25, 0.3) is 0 Å². The number of benzene rings is 1. The summed E-state index contributed by atoms with van der Waals surface area (Å²) in [5.41, 5.74) is 0.577. The first-order chi connectivity index (χ1) is 9.06. The average Bonchev–Trinajstić information content (AvgIpc) is 2.80. The molecule has 1 amide bonds. The molecule has 0 saturated heterocycles. The molecule has 0 radical (unpaired) electrons. The third-order valence-electron chi connectivity index (χ3n) is 3.49. The summed E-state index contributed by atoms with van der Waals surface area (Å²) < 4.78 is 0. The van der Waals surface area contributed by atoms with Crippen molar-refractivity contribution < 1.29 is 19.8 Å². The van der Waals surface area contributed by atoms with Gasteiger partial charge in [0.2, 0.25) is 5.91 Å². The van der Waals surface area contributed by atoms with E-state index < -0.39 is 5.97 Å². The van der Waals surface area contributed by atoms with Gasteiger partial charge in [-0.15, -0.1) is 0 Å². The van der Waals surface area contributed by atoms with Crippen molar-refractivity contribution in [3.8, 4) is 5.75 Å². The van der Waals surface area contributed by atoms with Crippen LogP contribution in [0, 0.1) is 5.92 Å². The Bertz CT molecular complexity index is 486. The fraction of sp³-hybridized carbons (Fsp3) is 0.429. The SMILES string of the molecule is O=C(Cc1ccccc1O)NC1CCC(C(=O)O)C1. The van der Waals surface area contributed by atoms with Gasteiger partial charge in [0, 0.05) is 11.6 Å². The van der Waals surface area contributed by atoms with Gasteiger partial charge in [0.25, 0.3) is 0 Å². The highest BCUT2D eigenvalue weighted by Gasteiger charge is 2.30. The number of carbonyl (C=O) groups is 2. The highest BCUT2D eigenvalue weighted by atomic mass is 16.4. The molecule has 2 rings (SSSR count). The summed E-state index contributed by atoms with van der Waals surface area (Å²) in [5.74, 6) is -1.22. The van der Waals surface area contributed by atoms with Crippen LogP contribution in [-0.2, 0) is 16.0 Å². The van der Waals surface area contributed by atoms with Gasteiger partial charge in [-0.05, 0) is 25.3 Å². The number of nitrogens with one attached hydrogen (secondary N) is 1. The minimum Gasteiger partial charge on any atom is -0.508 e. The topological polar surface area (TPSA) is 86.6 Å². The van der Waals surface area contributed by atoms with Crippen molar-refractivity contribution in [3.05, 3.63) is 29.8 Å². The van der Waals surface area contributed by atoms with E-state index in [2.05, 4.69) is 5.32 Å². The van der Waals surface area contributed by atoms with E-state index in [1.807, 2.05) is 0 Å². The maximum atomic E-state index is 11.8. The van der Waals surface area contributed by atoms with Gasteiger partial charge < -0.3 is 15.5 Å². The molecule has 1 aliphatic carbocycles. The van der Waals surface area contributed by atoms with Crippen molar-refractivity contribution in [2.24, 2.45) is 5.92 Å². The van der Waals surface area contributed by atoms with E-state index in [-0.39, 0.29) is 30.0 Å². The van der Waals surface area contributed by atoms with Crippen molar-refractivity contribution in [1.82, 2.24) is 5.32 Å². The summed E-state index contributed by atoms with van der Waals surface area (Å²) in [7, 11) is 0. The largest absolute Gasteiger partial charge is 0.508 e. The van der Waals surface area contributed by atoms with Crippen LogP contribution in [0.4, 0.5) is 0 Å². The number of phenols is 1. The van der Waals surface area contributed by atoms with Crippen LogP contribution in [0.15, 0.2) is 24.3 Å². The van der Waals surface area contributed by atoms with Gasteiger partial charge in [0.1, 0.15) is 5.75 Å². The lowest BCUT2D eigenvalue weighted by molar-refractivity contribution is -0.141. The Morgan fingerprint density at radius 1 is 1.26 bits per heavy atom. The van der Waals surface area contributed by atoms with E-state index in [4.69, 9.17) is 5.11 Å². The lowest BCUT2D eigenvalue weighted by Gasteiger charge is -2.12. The third kappa shape index (κ3) is 3.47. The molecule has 2 atom stereocenters. The number of amides is 1. The monoisotopic (exact) mass is 263 g/mol. The van der Waals surface area contributed by atoms with Crippen LogP contribution in [-0.4, -0.2) is 28.1 Å². The number of carboxylic acid groups (broad SMARTS) is 1. The second-order valence-corrected chi connectivity index (χ2v) is 4.92. The van der Waals surface area contributed by atoms with Gasteiger partial charge in [0.15, 0.2) is 0 Å². The molecule has 0 bridgehead atoms. The Balaban J connectivity index is 1.86. The summed E-state index contributed by atoms with van der Waals surface area (Å²) in [6.45, 7) is 0. The van der Waals surface area contributed by atoms with Gasteiger partial charge >= 0.3 is 5.97 Å². The molecule has 1 aromatic rings. The average molecular weight is 263 g/mol. The standard InChI is InChI=1S/C14H17NO4/c16-12-4-2-1-3-9(12)8-13(17)15-11-6-5-10(7-11)14(18)19/h1-4,10-11,16H,5-8H2,(H,15,17)(H,18,19). The summed E-state index contributed by atoms with van der Waals surface area (Å²) in [4.78, 5) is 22.7. The van der Waals surface area contributed by atoms with E-state index in [0.717, 1.165) is 0 Å². The predicted molar refractivity (Wildman–Crippen MR) is 68.7 cm³/mol. The molecule has 1 saturated carbocycles. The Morgan fingerprint density at radius 3 is 2.63 bits per heavy atom. The van der Waals surface area contributed by atoms with Crippen molar-refractivity contribution in [1.29, 1.82) is 0 Å². The zero-order valence-electron chi connectivity index (χ0n) is 10.5. The van der Waals surface area contributed by atoms with Crippen molar-refractivity contribution in [3.63, 3.8) is 0 Å². The molecule has 0 aliphatic heterocycles. The predicted octanol–water partition coefficient (Wildman–Crippen LogP) is 1.30. The van der Waals surface area contributed by atoms with Crippen LogP contribution in [0.1, 0.15) is 24.8 Å². The number of hydrogen-bond acceptors (Lipinski definition) is 3. The van der Waals surface area contributed by atoms with Gasteiger partial charge in [-0.3, -0.25) is 9.59 Å². The van der Waals surface area contributed by atoms with Crippen molar-refractivity contribution in [2.45, 2.75) is 31.7 Å². The maximum absolute atomic E-state index is 11.8. The van der Waals surface area contributed by atoms with Crippen LogP contribution in [0.2, 0.25) is 0 Å². The van der Waals surface area contributed by atoms with Gasteiger partial charge in [-0.2, -0.15) is 0 Å². The van der Waals surface area contributed by atoms with E-state index in [0.29, 0.717) is 24.8 Å². The smallest absolute Gasteiger partial charge is 0.306 e. The number of phenolic OH excluding ortho intramolecular Hbond substituents is 1. The number of aromatic hydroxyl groups is 1. The summed E-state index contributed by atoms with van der Waals surface area (Å²) in [6.07, 6.45) is 1.91. The Labute approximate surface area is 111 Å². The molecule has 1 fully saturated rings. The molecule has 0 spiro atoms. The molecule has 19 heavy (non-hydrogen) atoms. The van der Waals surface area contributed by atoms with Crippen molar-refractivity contribution in [2.75, 3.05) is 0 Å². The molecular formula is C14H17NO4. The lowest BCUT2D eigenvalue weighted by Crippen LogP contribution is -2.34. The molecule has 5 heteroatoms. The van der Waals surface area contributed by atoms with E-state index in [1.54, 1.807) is 24.3 Å². The third-order valence-corrected chi connectivity index (χ3v) is 3.49. The fourth-order valence-electron chi connectivity index (χ4n) is 2.45. The van der Waals surface area contributed by atoms with E-state index in [1.165, 1.54) is 0 Å². The number of rotatable bonds is 4. The van der Waals surface area contributed by atoms with E-state index in [9.17, 15) is 14.7 Å². The Morgan fingerprint density at radius 2 is 2.00 bits per heavy atom. The van der Waals surface area contributed by atoms with Gasteiger partial charge in [0.05, 0.1) is 12.3 Å². The number of carbonyl (C=O) groups excluding carboxylic acids is 1. The maximum Gasteiger partial charge on any atom is 0.306 e. The summed E-state index contributed by atoms with van der Waals surface area (Å²) in [6, 6.07) is 6.63. The Kier molecular flexibility index (Phi) is 4.04. The molecule has 1 aliphatic rings. The summed E-state index contributed by atoms with van der Waals surface area (Å²) >= 11 is 0. The molecular weight excluding hydrogens is 246 g/mol. The minimum atomic E-state index is -0.794. The molecule has 0 aromatic heterocycles. The molecule has 102 valence electrons. The van der Waals surface area contributed by atoms with Gasteiger partial charge in [-0.25, -0.2) is 0 Å². The lowest BCUT2D eigenvalue weighted by atomic mass is 10.1. The quantitative estimate of drug-likeness (QED) is 0.764. The normalized spacial score (nSPS) is 22.1. The van der Waals surface area contributed by atoms with Crippen LogP contribution >= 0.6 is 0 Å². The molecule has 0 heterocycles. The first-order valence-corrected chi connectivity index (χ1v) is 6.35. The number of carboxylic acids is 1. The van der Waals surface area contributed by atoms with Crippen LogP contribution in [0.5, 0.6) is 5.75 Å². The highest BCUT2D eigenvalue weighted by Crippen LogP contribution is 2.25. The molecule has 2 unspecified atom stereocenters. The zero-order chi connectivity index (χ0) is 13.8. The fourth-order valence-corrected chi connectivity index (χ4v) is 2.45. The van der Waals surface area contributed by atoms with Gasteiger partial charge in [-0.1, -0.05) is 18.2 Å². The molecule has 1 aromatic carbocycles. The molecule has 3 N–H and O–H groups in total. The minimum absolute atomic E-state index is 0.0699. The summed E-state index contributed by atoms with van der Waals surface area (Å²) in [5, 5.41) is 21.3.